The van der Waals surface area contributed by atoms with Gasteiger partial charge in [-0.05, 0) is 31.9 Å². The second-order valence-electron chi connectivity index (χ2n) is 4.63. The third-order valence-corrected chi connectivity index (χ3v) is 2.93. The van der Waals surface area contributed by atoms with Gasteiger partial charge in [0.2, 0.25) is 0 Å². The van der Waals surface area contributed by atoms with Crippen LogP contribution in [0.4, 0.5) is 0 Å². The van der Waals surface area contributed by atoms with Crippen molar-refractivity contribution in [1.82, 2.24) is 5.32 Å². The molecule has 0 aliphatic heterocycles. The van der Waals surface area contributed by atoms with E-state index in [0.29, 0.717) is 12.1 Å². The molecule has 0 saturated heterocycles. The van der Waals surface area contributed by atoms with Gasteiger partial charge in [-0.25, -0.2) is 0 Å². The first-order valence-electron chi connectivity index (χ1n) is 6.53. The van der Waals surface area contributed by atoms with Gasteiger partial charge in [0.15, 0.2) is 0 Å². The minimum absolute atomic E-state index is 0.469. The molecule has 17 heavy (non-hydrogen) atoms. The van der Waals surface area contributed by atoms with E-state index >= 15 is 0 Å². The third kappa shape index (κ3) is 5.89. The van der Waals surface area contributed by atoms with Gasteiger partial charge in [-0.15, -0.1) is 0 Å². The van der Waals surface area contributed by atoms with E-state index in [2.05, 4.69) is 19.2 Å². The summed E-state index contributed by atoms with van der Waals surface area (Å²) in [6.07, 6.45) is 6.17. The number of nitrogens with one attached hydrogen (secondary N) is 1. The molecule has 2 unspecified atom stereocenters. The van der Waals surface area contributed by atoms with Gasteiger partial charge < -0.3 is 14.5 Å². The standard InChI is InChI=1S/C14H25NO2/c1-4-6-13(11-16-3)15-12(2)8-9-14-7-5-10-17-14/h5,7,10,12-13,15H,4,6,8-9,11H2,1-3H3. The molecule has 0 bridgehead atoms. The Kier molecular flexibility index (Phi) is 6.97. The molecule has 1 aromatic heterocycles. The summed E-state index contributed by atoms with van der Waals surface area (Å²) in [5, 5.41) is 3.61. The summed E-state index contributed by atoms with van der Waals surface area (Å²) in [6, 6.07) is 4.94. The van der Waals surface area contributed by atoms with Crippen LogP contribution in [0.3, 0.4) is 0 Å². The fourth-order valence-corrected chi connectivity index (χ4v) is 2.06. The van der Waals surface area contributed by atoms with Gasteiger partial charge in [-0.2, -0.15) is 0 Å². The maximum atomic E-state index is 5.33. The zero-order valence-electron chi connectivity index (χ0n) is 11.2. The van der Waals surface area contributed by atoms with Crippen molar-refractivity contribution in [3.63, 3.8) is 0 Å². The van der Waals surface area contributed by atoms with Crippen LogP contribution in [-0.4, -0.2) is 25.8 Å². The normalized spacial score (nSPS) is 14.8. The van der Waals surface area contributed by atoms with Crippen LogP contribution >= 0.6 is 0 Å². The molecule has 1 aromatic rings. The lowest BCUT2D eigenvalue weighted by molar-refractivity contribution is 0.156. The van der Waals surface area contributed by atoms with Gasteiger partial charge in [-0.1, -0.05) is 13.3 Å². The minimum Gasteiger partial charge on any atom is -0.469 e. The number of methoxy groups -OCH3 is 1. The molecule has 0 aromatic carbocycles. The predicted molar refractivity (Wildman–Crippen MR) is 70.2 cm³/mol. The molecule has 0 saturated carbocycles. The first kappa shape index (κ1) is 14.3. The summed E-state index contributed by atoms with van der Waals surface area (Å²) in [7, 11) is 1.76. The predicted octanol–water partition coefficient (Wildman–Crippen LogP) is 3.01. The molecule has 1 heterocycles. The number of ether oxygens (including phenoxy) is 1. The summed E-state index contributed by atoms with van der Waals surface area (Å²) < 4.78 is 10.6. The van der Waals surface area contributed by atoms with Gasteiger partial charge in [-0.3, -0.25) is 0 Å². The Hall–Kier alpha value is -0.800. The van der Waals surface area contributed by atoms with Crippen molar-refractivity contribution in [1.29, 1.82) is 0 Å². The largest absolute Gasteiger partial charge is 0.469 e. The van der Waals surface area contributed by atoms with E-state index < -0.39 is 0 Å². The molecule has 0 spiro atoms. The lowest BCUT2D eigenvalue weighted by Gasteiger charge is -2.22. The van der Waals surface area contributed by atoms with Gasteiger partial charge in [0, 0.05) is 25.6 Å². The Morgan fingerprint density at radius 1 is 1.41 bits per heavy atom. The average molecular weight is 239 g/mol. The van der Waals surface area contributed by atoms with Crippen molar-refractivity contribution in [3.05, 3.63) is 24.2 Å². The molecule has 1 N–H and O–H groups in total. The van der Waals surface area contributed by atoms with Gasteiger partial charge in [0.25, 0.3) is 0 Å². The number of hydrogen-bond donors (Lipinski definition) is 1. The Morgan fingerprint density at radius 3 is 2.82 bits per heavy atom. The zero-order chi connectivity index (χ0) is 12.5. The van der Waals surface area contributed by atoms with Crippen molar-refractivity contribution >= 4 is 0 Å². The van der Waals surface area contributed by atoms with E-state index in [0.717, 1.165) is 25.2 Å². The first-order chi connectivity index (χ1) is 8.26. The van der Waals surface area contributed by atoms with E-state index in [1.54, 1.807) is 13.4 Å². The Labute approximate surface area is 105 Å². The molecule has 0 aliphatic rings. The van der Waals surface area contributed by atoms with Crippen LogP contribution in [-0.2, 0) is 11.2 Å². The molecule has 1 rings (SSSR count). The summed E-state index contributed by atoms with van der Waals surface area (Å²) in [6.45, 7) is 5.22. The Morgan fingerprint density at radius 2 is 2.24 bits per heavy atom. The van der Waals surface area contributed by atoms with Gasteiger partial charge >= 0.3 is 0 Å². The fraction of sp³-hybridized carbons (Fsp3) is 0.714. The molecule has 3 heteroatoms. The molecule has 98 valence electrons. The molecule has 0 fully saturated rings. The van der Waals surface area contributed by atoms with Gasteiger partial charge in [0.05, 0.1) is 12.9 Å². The van der Waals surface area contributed by atoms with Crippen LogP contribution in [0.5, 0.6) is 0 Å². The molecule has 0 radical (unpaired) electrons. The second-order valence-corrected chi connectivity index (χ2v) is 4.63. The topological polar surface area (TPSA) is 34.4 Å². The fourth-order valence-electron chi connectivity index (χ4n) is 2.06. The monoisotopic (exact) mass is 239 g/mol. The van der Waals surface area contributed by atoms with E-state index in [9.17, 15) is 0 Å². The lowest BCUT2D eigenvalue weighted by Crippen LogP contribution is -2.39. The number of furan rings is 1. The van der Waals surface area contributed by atoms with Crippen molar-refractivity contribution in [3.8, 4) is 0 Å². The van der Waals surface area contributed by atoms with Crippen molar-refractivity contribution < 1.29 is 9.15 Å². The highest BCUT2D eigenvalue weighted by molar-refractivity contribution is 4.98. The lowest BCUT2D eigenvalue weighted by atomic mass is 10.1. The van der Waals surface area contributed by atoms with E-state index in [4.69, 9.17) is 9.15 Å². The third-order valence-electron chi connectivity index (χ3n) is 2.93. The summed E-state index contributed by atoms with van der Waals surface area (Å²) in [5.41, 5.74) is 0. The Balaban J connectivity index is 2.23. The van der Waals surface area contributed by atoms with Crippen LogP contribution in [0.15, 0.2) is 22.8 Å². The van der Waals surface area contributed by atoms with Crippen molar-refractivity contribution in [2.75, 3.05) is 13.7 Å². The molecule has 2 atom stereocenters. The number of rotatable bonds is 9. The maximum absolute atomic E-state index is 5.33. The number of aryl methyl sites for hydroxylation is 1. The molecule has 0 amide bonds. The zero-order valence-corrected chi connectivity index (χ0v) is 11.2. The average Bonchev–Trinajstić information content (AvgIpc) is 2.80. The van der Waals surface area contributed by atoms with E-state index in [1.807, 2.05) is 12.1 Å². The van der Waals surface area contributed by atoms with Crippen molar-refractivity contribution in [2.45, 2.75) is 51.6 Å². The van der Waals surface area contributed by atoms with Crippen LogP contribution in [0.1, 0.15) is 38.9 Å². The van der Waals surface area contributed by atoms with Crippen LogP contribution in [0, 0.1) is 0 Å². The molecular weight excluding hydrogens is 214 g/mol. The van der Waals surface area contributed by atoms with Crippen LogP contribution in [0.25, 0.3) is 0 Å². The summed E-state index contributed by atoms with van der Waals surface area (Å²) in [5.74, 6) is 1.07. The summed E-state index contributed by atoms with van der Waals surface area (Å²) in [4.78, 5) is 0. The molecule has 3 nitrogen and oxygen atoms in total. The molecular formula is C14H25NO2. The van der Waals surface area contributed by atoms with E-state index in [1.165, 1.54) is 12.8 Å². The number of hydrogen-bond acceptors (Lipinski definition) is 3. The summed E-state index contributed by atoms with van der Waals surface area (Å²) >= 11 is 0. The first-order valence-corrected chi connectivity index (χ1v) is 6.53. The minimum atomic E-state index is 0.469. The maximum Gasteiger partial charge on any atom is 0.103 e. The highest BCUT2D eigenvalue weighted by atomic mass is 16.5. The Bertz CT molecular complexity index is 266. The highest BCUT2D eigenvalue weighted by Crippen LogP contribution is 2.07. The second kappa shape index (κ2) is 8.31. The smallest absolute Gasteiger partial charge is 0.103 e. The quantitative estimate of drug-likeness (QED) is 0.719. The molecule has 0 aliphatic carbocycles. The van der Waals surface area contributed by atoms with Gasteiger partial charge in [0.1, 0.15) is 5.76 Å². The highest BCUT2D eigenvalue weighted by Gasteiger charge is 2.11. The van der Waals surface area contributed by atoms with Crippen LogP contribution in [0.2, 0.25) is 0 Å². The van der Waals surface area contributed by atoms with E-state index in [-0.39, 0.29) is 0 Å². The SMILES string of the molecule is CCCC(COC)NC(C)CCc1ccco1. The van der Waals surface area contributed by atoms with Crippen LogP contribution < -0.4 is 5.32 Å². The van der Waals surface area contributed by atoms with Crippen molar-refractivity contribution in [2.24, 2.45) is 0 Å².